The SMILES string of the molecule is NC(=O)Oc1cc(-c2cnc(Nc3ccc(N4CCOCC4)cc3)c3ncnn23)cs1. The number of hydrogen-bond donors (Lipinski definition) is 2. The summed E-state index contributed by atoms with van der Waals surface area (Å²) in [5.41, 5.74) is 9.24. The molecule has 4 aromatic rings. The molecule has 0 saturated carbocycles. The lowest BCUT2D eigenvalue weighted by Gasteiger charge is -2.28. The molecule has 0 unspecified atom stereocenters. The Morgan fingerprint density at radius 1 is 1.19 bits per heavy atom. The minimum atomic E-state index is -0.850. The monoisotopic (exact) mass is 437 g/mol. The molecule has 0 bridgehead atoms. The van der Waals surface area contributed by atoms with Gasteiger partial charge in [-0.15, -0.1) is 11.3 Å². The van der Waals surface area contributed by atoms with Gasteiger partial charge in [0, 0.05) is 41.5 Å². The molecule has 1 aliphatic heterocycles. The Morgan fingerprint density at radius 3 is 2.77 bits per heavy atom. The van der Waals surface area contributed by atoms with Gasteiger partial charge in [-0.25, -0.2) is 19.3 Å². The average Bonchev–Trinajstić information content (AvgIpc) is 3.45. The molecule has 158 valence electrons. The van der Waals surface area contributed by atoms with Crippen molar-refractivity contribution in [2.24, 2.45) is 5.73 Å². The van der Waals surface area contributed by atoms with Gasteiger partial charge in [-0.1, -0.05) is 0 Å². The Balaban J connectivity index is 1.39. The predicted octanol–water partition coefficient (Wildman–Crippen LogP) is 2.89. The number of primary amides is 1. The normalized spacial score (nSPS) is 14.0. The van der Waals surface area contributed by atoms with Gasteiger partial charge in [0.1, 0.15) is 6.33 Å². The zero-order valence-electron chi connectivity index (χ0n) is 16.4. The summed E-state index contributed by atoms with van der Waals surface area (Å²) < 4.78 is 12.0. The maximum Gasteiger partial charge on any atom is 0.410 e. The molecule has 1 saturated heterocycles. The summed E-state index contributed by atoms with van der Waals surface area (Å²) in [6.45, 7) is 3.29. The number of morpholine rings is 1. The second-order valence-corrected chi connectivity index (χ2v) is 7.71. The van der Waals surface area contributed by atoms with Crippen LogP contribution in [0.25, 0.3) is 16.9 Å². The fourth-order valence-corrected chi connectivity index (χ4v) is 4.18. The fraction of sp³-hybridized carbons (Fsp3) is 0.200. The van der Waals surface area contributed by atoms with Crippen LogP contribution in [0.1, 0.15) is 0 Å². The summed E-state index contributed by atoms with van der Waals surface area (Å²) in [5.74, 6) is 0.587. The Hall–Kier alpha value is -3.70. The van der Waals surface area contributed by atoms with E-state index in [1.165, 1.54) is 17.7 Å². The maximum atomic E-state index is 11.0. The number of rotatable bonds is 5. The highest BCUT2D eigenvalue weighted by Crippen LogP contribution is 2.32. The first-order valence-corrected chi connectivity index (χ1v) is 10.5. The van der Waals surface area contributed by atoms with Crippen molar-refractivity contribution < 1.29 is 14.3 Å². The number of fused-ring (bicyclic) bond motifs is 1. The number of aromatic nitrogens is 4. The number of carbonyl (C=O) groups is 1. The summed E-state index contributed by atoms with van der Waals surface area (Å²) >= 11 is 1.26. The highest BCUT2D eigenvalue weighted by Gasteiger charge is 2.15. The van der Waals surface area contributed by atoms with Crippen LogP contribution in [-0.4, -0.2) is 52.0 Å². The van der Waals surface area contributed by atoms with Crippen LogP contribution < -0.4 is 20.7 Å². The fourth-order valence-electron chi connectivity index (χ4n) is 3.42. The summed E-state index contributed by atoms with van der Waals surface area (Å²) in [6.07, 6.45) is 2.32. The quantitative estimate of drug-likeness (QED) is 0.489. The first-order chi connectivity index (χ1) is 15.2. The van der Waals surface area contributed by atoms with E-state index < -0.39 is 6.09 Å². The number of nitrogens with zero attached hydrogens (tertiary/aromatic N) is 5. The largest absolute Gasteiger partial charge is 0.410 e. The van der Waals surface area contributed by atoms with E-state index in [0.717, 1.165) is 48.9 Å². The zero-order valence-corrected chi connectivity index (χ0v) is 17.2. The van der Waals surface area contributed by atoms with Crippen LogP contribution in [0.4, 0.5) is 22.0 Å². The van der Waals surface area contributed by atoms with Crippen LogP contribution in [0, 0.1) is 0 Å². The zero-order chi connectivity index (χ0) is 21.2. The lowest BCUT2D eigenvalue weighted by Crippen LogP contribution is -2.36. The molecule has 1 fully saturated rings. The molecule has 0 aliphatic carbocycles. The van der Waals surface area contributed by atoms with Crippen molar-refractivity contribution >= 4 is 40.3 Å². The van der Waals surface area contributed by atoms with E-state index in [1.807, 2.05) is 17.5 Å². The Morgan fingerprint density at radius 2 is 2.00 bits per heavy atom. The van der Waals surface area contributed by atoms with Gasteiger partial charge in [-0.05, 0) is 24.3 Å². The van der Waals surface area contributed by atoms with Crippen LogP contribution in [-0.2, 0) is 4.74 Å². The lowest BCUT2D eigenvalue weighted by atomic mass is 10.2. The van der Waals surface area contributed by atoms with Gasteiger partial charge in [0.15, 0.2) is 16.5 Å². The van der Waals surface area contributed by atoms with E-state index in [1.54, 1.807) is 16.8 Å². The van der Waals surface area contributed by atoms with E-state index in [0.29, 0.717) is 16.5 Å². The van der Waals surface area contributed by atoms with E-state index in [4.69, 9.17) is 15.2 Å². The molecular weight excluding hydrogens is 418 g/mol. The third-order valence-corrected chi connectivity index (χ3v) is 5.69. The smallest absolute Gasteiger partial charge is 0.399 e. The molecule has 1 amide bonds. The van der Waals surface area contributed by atoms with Crippen molar-refractivity contribution in [1.82, 2.24) is 19.6 Å². The van der Waals surface area contributed by atoms with Crippen molar-refractivity contribution in [2.45, 2.75) is 0 Å². The van der Waals surface area contributed by atoms with E-state index >= 15 is 0 Å². The average molecular weight is 437 g/mol. The molecule has 0 radical (unpaired) electrons. The van der Waals surface area contributed by atoms with Gasteiger partial charge in [-0.2, -0.15) is 5.10 Å². The summed E-state index contributed by atoms with van der Waals surface area (Å²) in [7, 11) is 0. The second kappa shape index (κ2) is 8.20. The van der Waals surface area contributed by atoms with Crippen LogP contribution in [0.15, 0.2) is 48.2 Å². The summed E-state index contributed by atoms with van der Waals surface area (Å²) in [4.78, 5) is 22.2. The minimum absolute atomic E-state index is 0.401. The molecule has 1 aromatic carbocycles. The molecule has 3 aromatic heterocycles. The minimum Gasteiger partial charge on any atom is -0.399 e. The van der Waals surface area contributed by atoms with Crippen molar-refractivity contribution in [3.63, 3.8) is 0 Å². The first kappa shape index (κ1) is 19.3. The van der Waals surface area contributed by atoms with Gasteiger partial charge < -0.3 is 25.4 Å². The Kier molecular flexibility index (Phi) is 5.10. The molecule has 11 heteroatoms. The van der Waals surface area contributed by atoms with Crippen molar-refractivity contribution in [3.8, 4) is 16.3 Å². The van der Waals surface area contributed by atoms with E-state index in [9.17, 15) is 4.79 Å². The van der Waals surface area contributed by atoms with Crippen molar-refractivity contribution in [1.29, 1.82) is 0 Å². The van der Waals surface area contributed by atoms with Crippen LogP contribution >= 0.6 is 11.3 Å². The predicted molar refractivity (Wildman–Crippen MR) is 117 cm³/mol. The van der Waals surface area contributed by atoms with Gasteiger partial charge in [0.05, 0.1) is 25.1 Å². The molecular formula is C20H19N7O3S. The third-order valence-electron chi connectivity index (χ3n) is 4.88. The number of benzene rings is 1. The molecule has 0 atom stereocenters. The maximum absolute atomic E-state index is 11.0. The summed E-state index contributed by atoms with van der Waals surface area (Å²) in [6, 6.07) is 9.90. The molecule has 4 heterocycles. The first-order valence-electron chi connectivity index (χ1n) is 9.62. The molecule has 10 nitrogen and oxygen atoms in total. The molecule has 3 N–H and O–H groups in total. The number of anilines is 3. The number of amides is 1. The van der Waals surface area contributed by atoms with Gasteiger partial charge in [0.2, 0.25) is 0 Å². The molecule has 5 rings (SSSR count). The Labute approximate surface area is 181 Å². The number of carbonyl (C=O) groups excluding carboxylic acids is 1. The van der Waals surface area contributed by atoms with Gasteiger partial charge in [-0.3, -0.25) is 0 Å². The number of thiophene rings is 1. The molecule has 1 aliphatic rings. The highest BCUT2D eigenvalue weighted by molar-refractivity contribution is 7.12. The number of ether oxygens (including phenoxy) is 2. The number of nitrogens with two attached hydrogens (primary N) is 1. The van der Waals surface area contributed by atoms with Gasteiger partial charge >= 0.3 is 6.09 Å². The van der Waals surface area contributed by atoms with Gasteiger partial charge in [0.25, 0.3) is 0 Å². The third kappa shape index (κ3) is 4.00. The van der Waals surface area contributed by atoms with Crippen LogP contribution in [0.2, 0.25) is 0 Å². The topological polar surface area (TPSA) is 120 Å². The van der Waals surface area contributed by atoms with Crippen molar-refractivity contribution in [3.05, 3.63) is 48.2 Å². The summed E-state index contributed by atoms with van der Waals surface area (Å²) in [5, 5.41) is 9.88. The number of nitrogens with one attached hydrogen (secondary N) is 1. The van der Waals surface area contributed by atoms with E-state index in [-0.39, 0.29) is 0 Å². The standard InChI is InChI=1S/C20H19N7O3S/c21-20(28)30-17-9-13(11-31-17)16-10-22-18(19-23-12-24-27(16)19)25-14-1-3-15(4-2-14)26-5-7-29-8-6-26/h1-4,9-12H,5-8H2,(H2,21,28)(H,22,25). The molecule has 31 heavy (non-hydrogen) atoms. The molecule has 0 spiro atoms. The lowest BCUT2D eigenvalue weighted by molar-refractivity contribution is 0.122. The van der Waals surface area contributed by atoms with E-state index in [2.05, 4.69) is 37.4 Å². The van der Waals surface area contributed by atoms with Crippen LogP contribution in [0.5, 0.6) is 5.06 Å². The Bertz CT molecular complexity index is 1220. The number of hydrogen-bond acceptors (Lipinski definition) is 9. The van der Waals surface area contributed by atoms with Crippen molar-refractivity contribution in [2.75, 3.05) is 36.5 Å². The second-order valence-electron chi connectivity index (χ2n) is 6.83. The highest BCUT2D eigenvalue weighted by atomic mass is 32.1. The van der Waals surface area contributed by atoms with Crippen LogP contribution in [0.3, 0.4) is 0 Å².